The second-order valence-corrected chi connectivity index (χ2v) is 4.65. The summed E-state index contributed by atoms with van der Waals surface area (Å²) in [5.41, 5.74) is 0.322. The summed E-state index contributed by atoms with van der Waals surface area (Å²) in [6.45, 7) is 3.49. The summed E-state index contributed by atoms with van der Waals surface area (Å²) in [5, 5.41) is 4.31. The van der Waals surface area contributed by atoms with E-state index in [1.54, 1.807) is 6.07 Å². The van der Waals surface area contributed by atoms with Crippen LogP contribution in [0.3, 0.4) is 0 Å². The van der Waals surface area contributed by atoms with Crippen molar-refractivity contribution < 1.29 is 4.39 Å². The highest BCUT2D eigenvalue weighted by Crippen LogP contribution is 2.28. The van der Waals surface area contributed by atoms with Crippen LogP contribution in [0.25, 0.3) is 10.9 Å². The van der Waals surface area contributed by atoms with Gasteiger partial charge in [0, 0.05) is 36.6 Å². The molecule has 94 valence electrons. The third-order valence-corrected chi connectivity index (χ3v) is 3.27. The molecule has 3 rings (SSSR count). The van der Waals surface area contributed by atoms with E-state index in [2.05, 4.69) is 20.2 Å². The quantitative estimate of drug-likeness (QED) is 0.855. The van der Waals surface area contributed by atoms with E-state index in [0.717, 1.165) is 32.0 Å². The third kappa shape index (κ3) is 2.00. The number of fused-ring (bicyclic) bond motifs is 1. The van der Waals surface area contributed by atoms with Crippen molar-refractivity contribution >= 4 is 28.3 Å². The largest absolute Gasteiger partial charge is 0.353 e. The number of rotatable bonds is 1. The Morgan fingerprint density at radius 2 is 2.00 bits per heavy atom. The van der Waals surface area contributed by atoms with Crippen LogP contribution in [0.5, 0.6) is 0 Å². The molecule has 1 aromatic heterocycles. The van der Waals surface area contributed by atoms with Gasteiger partial charge in [0.15, 0.2) is 5.82 Å². The van der Waals surface area contributed by atoms with Gasteiger partial charge in [0.2, 0.25) is 0 Å². The van der Waals surface area contributed by atoms with Gasteiger partial charge >= 0.3 is 0 Å². The minimum Gasteiger partial charge on any atom is -0.353 e. The van der Waals surface area contributed by atoms with Gasteiger partial charge in [-0.15, -0.1) is 0 Å². The highest BCUT2D eigenvalue weighted by Gasteiger charge is 2.16. The van der Waals surface area contributed by atoms with Gasteiger partial charge < -0.3 is 10.2 Å². The number of hydrogen-bond acceptors (Lipinski definition) is 4. The lowest BCUT2D eigenvalue weighted by Crippen LogP contribution is -2.44. The summed E-state index contributed by atoms with van der Waals surface area (Å²) in [5.74, 6) is 0.346. The molecule has 1 aliphatic heterocycles. The highest BCUT2D eigenvalue weighted by atomic mass is 35.5. The minimum atomic E-state index is -0.406. The van der Waals surface area contributed by atoms with Gasteiger partial charge in [-0.25, -0.2) is 14.4 Å². The first-order valence-corrected chi connectivity index (χ1v) is 6.19. The fourth-order valence-corrected chi connectivity index (χ4v) is 2.41. The van der Waals surface area contributed by atoms with E-state index in [4.69, 9.17) is 11.6 Å². The number of piperazine rings is 1. The molecule has 0 amide bonds. The molecule has 0 aliphatic carbocycles. The molecule has 1 aromatic carbocycles. The van der Waals surface area contributed by atoms with Crippen LogP contribution in [0.15, 0.2) is 18.5 Å². The molecule has 0 bridgehead atoms. The number of nitrogens with zero attached hydrogens (tertiary/aromatic N) is 3. The summed E-state index contributed by atoms with van der Waals surface area (Å²) < 4.78 is 13.8. The average molecular weight is 267 g/mol. The van der Waals surface area contributed by atoms with Crippen molar-refractivity contribution in [2.45, 2.75) is 0 Å². The SMILES string of the molecule is Fc1cc(Cl)cc2c(N3CCNCC3)ncnc12. The minimum absolute atomic E-state index is 0.322. The van der Waals surface area contributed by atoms with E-state index in [1.165, 1.54) is 12.4 Å². The Bertz CT molecular complexity index is 584. The first kappa shape index (κ1) is 11.6. The van der Waals surface area contributed by atoms with E-state index in [9.17, 15) is 4.39 Å². The number of nitrogens with one attached hydrogen (secondary N) is 1. The van der Waals surface area contributed by atoms with E-state index in [0.29, 0.717) is 15.9 Å². The van der Waals surface area contributed by atoms with Crippen LogP contribution < -0.4 is 10.2 Å². The Kier molecular flexibility index (Phi) is 3.01. The Morgan fingerprint density at radius 3 is 2.78 bits per heavy atom. The van der Waals surface area contributed by atoms with E-state index in [-0.39, 0.29) is 0 Å². The van der Waals surface area contributed by atoms with Gasteiger partial charge in [0.25, 0.3) is 0 Å². The normalized spacial score (nSPS) is 16.2. The Hall–Kier alpha value is -1.46. The Labute approximate surface area is 109 Å². The van der Waals surface area contributed by atoms with Crippen molar-refractivity contribution in [2.75, 3.05) is 31.1 Å². The van der Waals surface area contributed by atoms with Crippen molar-refractivity contribution in [1.29, 1.82) is 0 Å². The van der Waals surface area contributed by atoms with Gasteiger partial charge in [-0.2, -0.15) is 0 Å². The second kappa shape index (κ2) is 4.66. The molecule has 1 fully saturated rings. The maximum atomic E-state index is 13.8. The molecule has 0 spiro atoms. The van der Waals surface area contributed by atoms with Crippen LogP contribution in [0.4, 0.5) is 10.2 Å². The van der Waals surface area contributed by atoms with Crippen molar-refractivity contribution in [1.82, 2.24) is 15.3 Å². The zero-order valence-electron chi connectivity index (χ0n) is 9.66. The van der Waals surface area contributed by atoms with Crippen LogP contribution >= 0.6 is 11.6 Å². The summed E-state index contributed by atoms with van der Waals surface area (Å²) in [7, 11) is 0. The predicted molar refractivity (Wildman–Crippen MR) is 69.6 cm³/mol. The number of anilines is 1. The molecule has 6 heteroatoms. The molecule has 0 atom stereocenters. The second-order valence-electron chi connectivity index (χ2n) is 4.22. The van der Waals surface area contributed by atoms with Crippen LogP contribution in [0, 0.1) is 5.82 Å². The molecule has 0 radical (unpaired) electrons. The first-order valence-electron chi connectivity index (χ1n) is 5.81. The fourth-order valence-electron chi connectivity index (χ4n) is 2.21. The molecule has 0 unspecified atom stereocenters. The molecule has 2 heterocycles. The Balaban J connectivity index is 2.16. The molecular weight excluding hydrogens is 255 g/mol. The fraction of sp³-hybridized carbons (Fsp3) is 0.333. The lowest BCUT2D eigenvalue weighted by Gasteiger charge is -2.29. The Morgan fingerprint density at radius 1 is 1.22 bits per heavy atom. The molecule has 18 heavy (non-hydrogen) atoms. The molecule has 4 nitrogen and oxygen atoms in total. The molecular formula is C12H12ClFN4. The first-order chi connectivity index (χ1) is 8.75. The lowest BCUT2D eigenvalue weighted by molar-refractivity contribution is 0.585. The number of hydrogen-bond donors (Lipinski definition) is 1. The predicted octanol–water partition coefficient (Wildman–Crippen LogP) is 1.83. The van der Waals surface area contributed by atoms with Crippen molar-refractivity contribution in [2.24, 2.45) is 0 Å². The lowest BCUT2D eigenvalue weighted by atomic mass is 10.2. The maximum Gasteiger partial charge on any atom is 0.151 e. The van der Waals surface area contributed by atoms with Crippen LogP contribution in [0.1, 0.15) is 0 Å². The number of aromatic nitrogens is 2. The third-order valence-electron chi connectivity index (χ3n) is 3.05. The van der Waals surface area contributed by atoms with Gasteiger partial charge in [0.1, 0.15) is 17.7 Å². The summed E-state index contributed by atoms with van der Waals surface area (Å²) in [6, 6.07) is 3.00. The van der Waals surface area contributed by atoms with Crippen molar-refractivity contribution in [3.05, 3.63) is 29.3 Å². The smallest absolute Gasteiger partial charge is 0.151 e. The van der Waals surface area contributed by atoms with Gasteiger partial charge in [-0.1, -0.05) is 11.6 Å². The molecule has 0 saturated carbocycles. The maximum absolute atomic E-state index is 13.8. The summed E-state index contributed by atoms with van der Waals surface area (Å²) >= 11 is 5.91. The topological polar surface area (TPSA) is 41.0 Å². The summed E-state index contributed by atoms with van der Waals surface area (Å²) in [6.07, 6.45) is 1.40. The monoisotopic (exact) mass is 266 g/mol. The van der Waals surface area contributed by atoms with Gasteiger partial charge in [-0.05, 0) is 12.1 Å². The molecule has 1 saturated heterocycles. The number of benzene rings is 1. The van der Waals surface area contributed by atoms with Crippen LogP contribution in [-0.2, 0) is 0 Å². The van der Waals surface area contributed by atoms with Gasteiger partial charge in [-0.3, -0.25) is 0 Å². The standard InChI is InChI=1S/C12H12ClFN4/c13-8-5-9-11(10(14)6-8)16-7-17-12(9)18-3-1-15-2-4-18/h5-7,15H,1-4H2. The van der Waals surface area contributed by atoms with E-state index < -0.39 is 5.82 Å². The van der Waals surface area contributed by atoms with Gasteiger partial charge in [0.05, 0.1) is 0 Å². The average Bonchev–Trinajstić information content (AvgIpc) is 2.39. The summed E-state index contributed by atoms with van der Waals surface area (Å²) in [4.78, 5) is 10.4. The number of halogens is 2. The zero-order chi connectivity index (χ0) is 12.5. The van der Waals surface area contributed by atoms with Crippen LogP contribution in [-0.4, -0.2) is 36.1 Å². The van der Waals surface area contributed by atoms with E-state index in [1.807, 2.05) is 0 Å². The molecule has 1 aliphatic rings. The molecule has 1 N–H and O–H groups in total. The molecule has 2 aromatic rings. The zero-order valence-corrected chi connectivity index (χ0v) is 10.4. The van der Waals surface area contributed by atoms with Crippen molar-refractivity contribution in [3.8, 4) is 0 Å². The highest BCUT2D eigenvalue weighted by molar-refractivity contribution is 6.31. The van der Waals surface area contributed by atoms with Crippen molar-refractivity contribution in [3.63, 3.8) is 0 Å². The van der Waals surface area contributed by atoms with Crippen LogP contribution in [0.2, 0.25) is 5.02 Å². The van der Waals surface area contributed by atoms with E-state index >= 15 is 0 Å².